The van der Waals surface area contributed by atoms with Gasteiger partial charge < -0.3 is 0 Å². The van der Waals surface area contributed by atoms with Crippen LogP contribution in [-0.4, -0.2) is 16.8 Å². The van der Waals surface area contributed by atoms with E-state index in [1.807, 2.05) is 18.7 Å². The smallest absolute Gasteiger partial charge is 0.149 e. The van der Waals surface area contributed by atoms with Crippen LogP contribution in [0.15, 0.2) is 12.2 Å². The average molecular weight is 184 g/mol. The van der Waals surface area contributed by atoms with Crippen molar-refractivity contribution in [2.24, 2.45) is 0 Å². The van der Waals surface area contributed by atoms with Gasteiger partial charge in [0, 0.05) is 6.42 Å². The van der Waals surface area contributed by atoms with Gasteiger partial charge in [0.25, 0.3) is 0 Å². The molecule has 1 heterocycles. The van der Waals surface area contributed by atoms with Crippen LogP contribution in [0.25, 0.3) is 0 Å². The Morgan fingerprint density at radius 2 is 2.33 bits per heavy atom. The van der Waals surface area contributed by atoms with E-state index in [0.29, 0.717) is 12.2 Å². The molecular weight excluding hydrogens is 168 g/mol. The first-order valence-electron chi connectivity index (χ1n) is 4.49. The molecule has 1 fully saturated rings. The molecule has 1 aliphatic heterocycles. The largest absolute Gasteiger partial charge is 0.298 e. The summed E-state index contributed by atoms with van der Waals surface area (Å²) in [4.78, 5) is 11.5. The predicted molar refractivity (Wildman–Crippen MR) is 54.5 cm³/mol. The van der Waals surface area contributed by atoms with Gasteiger partial charge in [0.15, 0.2) is 0 Å². The minimum Gasteiger partial charge on any atom is -0.298 e. The van der Waals surface area contributed by atoms with Crippen LogP contribution in [0.2, 0.25) is 0 Å². The number of rotatable bonds is 3. The lowest BCUT2D eigenvalue weighted by Gasteiger charge is -2.19. The van der Waals surface area contributed by atoms with E-state index in [1.165, 1.54) is 12.8 Å². The van der Waals surface area contributed by atoms with Crippen molar-refractivity contribution in [1.29, 1.82) is 0 Å². The van der Waals surface area contributed by atoms with Gasteiger partial charge >= 0.3 is 0 Å². The Morgan fingerprint density at radius 3 is 2.83 bits per heavy atom. The molecule has 1 aliphatic rings. The third kappa shape index (κ3) is 3.02. The Bertz CT molecular complexity index is 180. The van der Waals surface area contributed by atoms with Crippen LogP contribution in [0.5, 0.6) is 0 Å². The van der Waals surface area contributed by atoms with E-state index in [-0.39, 0.29) is 5.25 Å². The van der Waals surface area contributed by atoms with Crippen molar-refractivity contribution >= 4 is 17.5 Å². The van der Waals surface area contributed by atoms with Crippen molar-refractivity contribution in [2.45, 2.75) is 37.9 Å². The average Bonchev–Trinajstić information content (AvgIpc) is 2.05. The predicted octanol–water partition coefficient (Wildman–Crippen LogP) is 2.81. The third-order valence-electron chi connectivity index (χ3n) is 2.01. The summed E-state index contributed by atoms with van der Waals surface area (Å²) in [5.74, 6) is 1.54. The van der Waals surface area contributed by atoms with Crippen LogP contribution < -0.4 is 0 Å². The molecule has 0 spiro atoms. The molecule has 0 aromatic heterocycles. The van der Waals surface area contributed by atoms with Crippen LogP contribution >= 0.6 is 11.8 Å². The summed E-state index contributed by atoms with van der Waals surface area (Å²) in [6, 6.07) is 0. The van der Waals surface area contributed by atoms with Crippen molar-refractivity contribution < 1.29 is 4.79 Å². The lowest BCUT2D eigenvalue weighted by Crippen LogP contribution is -2.20. The Balaban J connectivity index is 2.34. The summed E-state index contributed by atoms with van der Waals surface area (Å²) in [6.45, 7) is 5.68. The molecule has 1 unspecified atom stereocenters. The van der Waals surface area contributed by atoms with E-state index in [1.54, 1.807) is 0 Å². The normalized spacial score (nSPS) is 23.6. The van der Waals surface area contributed by atoms with E-state index < -0.39 is 0 Å². The molecule has 0 amide bonds. The van der Waals surface area contributed by atoms with Gasteiger partial charge in [0.1, 0.15) is 5.78 Å². The molecule has 0 bridgehead atoms. The molecule has 12 heavy (non-hydrogen) atoms. The van der Waals surface area contributed by atoms with E-state index in [9.17, 15) is 4.79 Å². The Labute approximate surface area is 78.6 Å². The molecule has 0 N–H and O–H groups in total. The van der Waals surface area contributed by atoms with Crippen molar-refractivity contribution in [1.82, 2.24) is 0 Å². The molecule has 1 saturated heterocycles. The van der Waals surface area contributed by atoms with Crippen LogP contribution in [0.1, 0.15) is 32.6 Å². The number of hydrogen-bond donors (Lipinski definition) is 0. The highest BCUT2D eigenvalue weighted by Gasteiger charge is 2.20. The fraction of sp³-hybridized carbons (Fsp3) is 0.700. The highest BCUT2D eigenvalue weighted by molar-refractivity contribution is 8.00. The SMILES string of the molecule is C=C(C)CC(=O)C1CCCCS1. The van der Waals surface area contributed by atoms with Gasteiger partial charge in [0.2, 0.25) is 0 Å². The first-order valence-corrected chi connectivity index (χ1v) is 5.53. The fourth-order valence-corrected chi connectivity index (χ4v) is 2.66. The lowest BCUT2D eigenvalue weighted by atomic mass is 10.1. The molecular formula is C10H16OS. The van der Waals surface area contributed by atoms with Crippen LogP contribution in [0.4, 0.5) is 0 Å². The van der Waals surface area contributed by atoms with E-state index in [0.717, 1.165) is 17.7 Å². The van der Waals surface area contributed by atoms with Gasteiger partial charge in [-0.2, -0.15) is 11.8 Å². The molecule has 1 nitrogen and oxygen atoms in total. The Morgan fingerprint density at radius 1 is 1.58 bits per heavy atom. The zero-order valence-corrected chi connectivity index (χ0v) is 8.45. The maximum absolute atomic E-state index is 11.5. The quantitative estimate of drug-likeness (QED) is 0.627. The van der Waals surface area contributed by atoms with E-state index in [4.69, 9.17) is 0 Å². The van der Waals surface area contributed by atoms with Gasteiger partial charge in [0.05, 0.1) is 5.25 Å². The number of Topliss-reactive ketones (excluding diaryl/α,β-unsaturated/α-hetero) is 1. The number of allylic oxidation sites excluding steroid dienone is 1. The zero-order chi connectivity index (χ0) is 8.97. The summed E-state index contributed by atoms with van der Waals surface area (Å²) < 4.78 is 0. The fourth-order valence-electron chi connectivity index (χ4n) is 1.41. The first-order chi connectivity index (χ1) is 5.70. The highest BCUT2D eigenvalue weighted by atomic mass is 32.2. The van der Waals surface area contributed by atoms with E-state index >= 15 is 0 Å². The molecule has 1 atom stereocenters. The van der Waals surface area contributed by atoms with E-state index in [2.05, 4.69) is 6.58 Å². The minimum atomic E-state index is 0.274. The van der Waals surface area contributed by atoms with Gasteiger partial charge in [-0.25, -0.2) is 0 Å². The first kappa shape index (κ1) is 9.85. The van der Waals surface area contributed by atoms with Crippen LogP contribution in [0, 0.1) is 0 Å². The molecule has 1 rings (SSSR count). The Kier molecular flexibility index (Phi) is 3.86. The molecule has 0 aromatic rings. The summed E-state index contributed by atoms with van der Waals surface area (Å²) in [5, 5.41) is 0.274. The van der Waals surface area contributed by atoms with Gasteiger partial charge in [-0.05, 0) is 25.5 Å². The second kappa shape index (κ2) is 4.70. The summed E-state index contributed by atoms with van der Waals surface area (Å²) in [7, 11) is 0. The summed E-state index contributed by atoms with van der Waals surface area (Å²) >= 11 is 1.82. The maximum atomic E-state index is 11.5. The standard InChI is InChI=1S/C10H16OS/c1-8(2)7-9(11)10-5-3-4-6-12-10/h10H,1,3-7H2,2H3. The number of carbonyl (C=O) groups is 1. The molecule has 68 valence electrons. The molecule has 0 aliphatic carbocycles. The molecule has 0 saturated carbocycles. The zero-order valence-electron chi connectivity index (χ0n) is 7.64. The minimum absolute atomic E-state index is 0.274. The number of thioether (sulfide) groups is 1. The van der Waals surface area contributed by atoms with Crippen molar-refractivity contribution in [3.8, 4) is 0 Å². The third-order valence-corrected chi connectivity index (χ3v) is 3.44. The highest BCUT2D eigenvalue weighted by Crippen LogP contribution is 2.27. The van der Waals surface area contributed by atoms with Crippen LogP contribution in [0.3, 0.4) is 0 Å². The number of carbonyl (C=O) groups excluding carboxylic acids is 1. The number of hydrogen-bond acceptors (Lipinski definition) is 2. The van der Waals surface area contributed by atoms with Gasteiger partial charge in [-0.1, -0.05) is 18.6 Å². The number of ketones is 1. The van der Waals surface area contributed by atoms with Crippen LogP contribution in [-0.2, 0) is 4.79 Å². The topological polar surface area (TPSA) is 17.1 Å². The summed E-state index contributed by atoms with van der Waals surface area (Å²) in [6.07, 6.45) is 4.16. The molecule has 0 radical (unpaired) electrons. The summed E-state index contributed by atoms with van der Waals surface area (Å²) in [5.41, 5.74) is 0.992. The second-order valence-electron chi connectivity index (χ2n) is 3.46. The van der Waals surface area contributed by atoms with Gasteiger partial charge in [-0.3, -0.25) is 4.79 Å². The van der Waals surface area contributed by atoms with Crippen molar-refractivity contribution in [3.05, 3.63) is 12.2 Å². The van der Waals surface area contributed by atoms with Gasteiger partial charge in [-0.15, -0.1) is 0 Å². The monoisotopic (exact) mass is 184 g/mol. The lowest BCUT2D eigenvalue weighted by molar-refractivity contribution is -0.118. The maximum Gasteiger partial charge on any atom is 0.149 e. The second-order valence-corrected chi connectivity index (χ2v) is 4.77. The Hall–Kier alpha value is -0.240. The molecule has 2 heteroatoms. The van der Waals surface area contributed by atoms with Crippen molar-refractivity contribution in [2.75, 3.05) is 5.75 Å². The molecule has 0 aromatic carbocycles. The van der Waals surface area contributed by atoms with Crippen molar-refractivity contribution in [3.63, 3.8) is 0 Å².